The average molecular weight is 352 g/mol. The topological polar surface area (TPSA) is 12.0 Å². The first-order valence-corrected chi connectivity index (χ1v) is 8.87. The van der Waals surface area contributed by atoms with Crippen molar-refractivity contribution in [2.24, 2.45) is 0 Å². The molecule has 1 heterocycles. The lowest BCUT2D eigenvalue weighted by atomic mass is 10.0. The summed E-state index contributed by atoms with van der Waals surface area (Å²) in [6.45, 7) is 5.37. The SMILES string of the molecule is CCNC(CCc1cccc(C)c1)Cc1sccc1Br. The minimum absolute atomic E-state index is 0.551. The maximum Gasteiger partial charge on any atom is 0.0314 e. The Morgan fingerprint density at radius 2 is 2.15 bits per heavy atom. The van der Waals surface area contributed by atoms with Crippen molar-refractivity contribution in [3.63, 3.8) is 0 Å². The quantitative estimate of drug-likeness (QED) is 0.742. The number of benzene rings is 1. The largest absolute Gasteiger partial charge is 0.314 e. The number of rotatable bonds is 7. The maximum absolute atomic E-state index is 3.63. The zero-order valence-corrected chi connectivity index (χ0v) is 14.6. The Kier molecular flexibility index (Phi) is 6.27. The fraction of sp³-hybridized carbons (Fsp3) is 0.412. The van der Waals surface area contributed by atoms with Crippen LogP contribution in [0.1, 0.15) is 29.3 Å². The van der Waals surface area contributed by atoms with Crippen LogP contribution < -0.4 is 5.32 Å². The van der Waals surface area contributed by atoms with Crippen molar-refractivity contribution in [2.75, 3.05) is 6.54 Å². The van der Waals surface area contributed by atoms with Crippen LogP contribution in [0.4, 0.5) is 0 Å². The highest BCUT2D eigenvalue weighted by Crippen LogP contribution is 2.25. The highest BCUT2D eigenvalue weighted by molar-refractivity contribution is 9.10. The molecule has 1 aromatic carbocycles. The highest BCUT2D eigenvalue weighted by Gasteiger charge is 2.11. The summed E-state index contributed by atoms with van der Waals surface area (Å²) < 4.78 is 1.25. The molecule has 0 spiro atoms. The van der Waals surface area contributed by atoms with E-state index in [0.29, 0.717) is 6.04 Å². The number of aryl methyl sites for hydroxylation is 2. The first-order chi connectivity index (χ1) is 9.69. The normalized spacial score (nSPS) is 12.6. The van der Waals surface area contributed by atoms with E-state index < -0.39 is 0 Å². The Hall–Kier alpha value is -0.640. The second-order valence-electron chi connectivity index (χ2n) is 5.18. The molecule has 1 aromatic heterocycles. The van der Waals surface area contributed by atoms with Crippen LogP contribution in [-0.2, 0) is 12.8 Å². The molecule has 2 rings (SSSR count). The molecule has 3 heteroatoms. The van der Waals surface area contributed by atoms with Gasteiger partial charge in [-0.1, -0.05) is 36.8 Å². The van der Waals surface area contributed by atoms with Gasteiger partial charge in [0.2, 0.25) is 0 Å². The van der Waals surface area contributed by atoms with E-state index in [1.54, 1.807) is 0 Å². The molecule has 0 radical (unpaired) electrons. The van der Waals surface area contributed by atoms with E-state index in [-0.39, 0.29) is 0 Å². The summed E-state index contributed by atoms with van der Waals surface area (Å²) in [5, 5.41) is 5.77. The van der Waals surface area contributed by atoms with Gasteiger partial charge < -0.3 is 5.32 Å². The number of hydrogen-bond donors (Lipinski definition) is 1. The predicted molar refractivity (Wildman–Crippen MR) is 92.7 cm³/mol. The number of likely N-dealkylation sites (N-methyl/N-ethyl adjacent to an activating group) is 1. The third-order valence-electron chi connectivity index (χ3n) is 3.48. The summed E-state index contributed by atoms with van der Waals surface area (Å²) in [6, 6.07) is 11.5. The molecule has 0 fully saturated rings. The fourth-order valence-corrected chi connectivity index (χ4v) is 4.06. The van der Waals surface area contributed by atoms with E-state index in [1.807, 2.05) is 11.3 Å². The second kappa shape index (κ2) is 7.96. The van der Waals surface area contributed by atoms with E-state index in [2.05, 4.69) is 70.8 Å². The van der Waals surface area contributed by atoms with Crippen LogP contribution in [0.2, 0.25) is 0 Å². The van der Waals surface area contributed by atoms with Gasteiger partial charge in [0, 0.05) is 15.4 Å². The zero-order chi connectivity index (χ0) is 14.4. The van der Waals surface area contributed by atoms with Crippen LogP contribution in [0.25, 0.3) is 0 Å². The third-order valence-corrected chi connectivity index (χ3v) is 5.43. The molecule has 1 atom stereocenters. The third kappa shape index (κ3) is 4.72. The second-order valence-corrected chi connectivity index (χ2v) is 7.03. The van der Waals surface area contributed by atoms with E-state index >= 15 is 0 Å². The molecule has 0 saturated heterocycles. The van der Waals surface area contributed by atoms with Gasteiger partial charge in [-0.25, -0.2) is 0 Å². The summed E-state index contributed by atoms with van der Waals surface area (Å²) in [7, 11) is 0. The maximum atomic E-state index is 3.63. The van der Waals surface area contributed by atoms with Crippen molar-refractivity contribution < 1.29 is 0 Å². The minimum atomic E-state index is 0.551. The summed E-state index contributed by atoms with van der Waals surface area (Å²) >= 11 is 5.48. The number of hydrogen-bond acceptors (Lipinski definition) is 2. The Balaban J connectivity index is 1.94. The van der Waals surface area contributed by atoms with Gasteiger partial charge in [-0.2, -0.15) is 0 Å². The Labute approximate surface area is 134 Å². The first kappa shape index (κ1) is 15.7. The van der Waals surface area contributed by atoms with E-state index in [0.717, 1.165) is 19.4 Å². The molecule has 0 aliphatic heterocycles. The molecule has 20 heavy (non-hydrogen) atoms. The number of halogens is 1. The van der Waals surface area contributed by atoms with Gasteiger partial charge in [-0.3, -0.25) is 0 Å². The molecule has 0 aliphatic rings. The smallest absolute Gasteiger partial charge is 0.0314 e. The van der Waals surface area contributed by atoms with Crippen LogP contribution in [-0.4, -0.2) is 12.6 Å². The molecular formula is C17H22BrNS. The summed E-state index contributed by atoms with van der Waals surface area (Å²) in [5.41, 5.74) is 2.79. The van der Waals surface area contributed by atoms with Crippen molar-refractivity contribution >= 4 is 27.3 Å². The van der Waals surface area contributed by atoms with Gasteiger partial charge in [-0.05, 0) is 65.7 Å². The standard InChI is InChI=1S/C17H22BrNS/c1-3-19-15(12-17-16(18)9-10-20-17)8-7-14-6-4-5-13(2)11-14/h4-6,9-11,15,19H,3,7-8,12H2,1-2H3. The van der Waals surface area contributed by atoms with E-state index in [4.69, 9.17) is 0 Å². The van der Waals surface area contributed by atoms with Crippen LogP contribution >= 0.6 is 27.3 Å². The molecular weight excluding hydrogens is 330 g/mol. The molecule has 0 amide bonds. The lowest BCUT2D eigenvalue weighted by molar-refractivity contribution is 0.493. The van der Waals surface area contributed by atoms with Crippen molar-refractivity contribution in [2.45, 2.75) is 39.2 Å². The van der Waals surface area contributed by atoms with Gasteiger partial charge in [0.05, 0.1) is 0 Å². The van der Waals surface area contributed by atoms with Gasteiger partial charge in [0.15, 0.2) is 0 Å². The molecule has 1 N–H and O–H groups in total. The van der Waals surface area contributed by atoms with Gasteiger partial charge in [0.25, 0.3) is 0 Å². The molecule has 0 saturated carbocycles. The Morgan fingerprint density at radius 3 is 2.80 bits per heavy atom. The van der Waals surface area contributed by atoms with Crippen LogP contribution in [0, 0.1) is 6.92 Å². The Morgan fingerprint density at radius 1 is 1.30 bits per heavy atom. The monoisotopic (exact) mass is 351 g/mol. The molecule has 0 bridgehead atoms. The molecule has 108 valence electrons. The lowest BCUT2D eigenvalue weighted by Gasteiger charge is -2.17. The van der Waals surface area contributed by atoms with E-state index in [9.17, 15) is 0 Å². The van der Waals surface area contributed by atoms with Crippen molar-refractivity contribution in [3.05, 3.63) is 56.2 Å². The highest BCUT2D eigenvalue weighted by atomic mass is 79.9. The Bertz CT molecular complexity index is 535. The molecule has 2 aromatic rings. The number of thiophene rings is 1. The summed E-state index contributed by atoms with van der Waals surface area (Å²) in [6.07, 6.45) is 3.43. The van der Waals surface area contributed by atoms with E-state index in [1.165, 1.54) is 26.9 Å². The van der Waals surface area contributed by atoms with Crippen LogP contribution in [0.15, 0.2) is 40.2 Å². The summed E-state index contributed by atoms with van der Waals surface area (Å²) in [5.74, 6) is 0. The number of nitrogens with one attached hydrogen (secondary N) is 1. The van der Waals surface area contributed by atoms with Gasteiger partial charge in [0.1, 0.15) is 0 Å². The van der Waals surface area contributed by atoms with Crippen LogP contribution in [0.5, 0.6) is 0 Å². The minimum Gasteiger partial charge on any atom is -0.314 e. The van der Waals surface area contributed by atoms with Crippen LogP contribution in [0.3, 0.4) is 0 Å². The van der Waals surface area contributed by atoms with Crippen molar-refractivity contribution in [1.29, 1.82) is 0 Å². The summed E-state index contributed by atoms with van der Waals surface area (Å²) in [4.78, 5) is 1.44. The molecule has 1 nitrogen and oxygen atoms in total. The zero-order valence-electron chi connectivity index (χ0n) is 12.2. The molecule has 1 unspecified atom stereocenters. The first-order valence-electron chi connectivity index (χ1n) is 7.20. The predicted octanol–water partition coefficient (Wildman–Crippen LogP) is 4.97. The van der Waals surface area contributed by atoms with Gasteiger partial charge >= 0.3 is 0 Å². The molecule has 0 aliphatic carbocycles. The van der Waals surface area contributed by atoms with Crippen molar-refractivity contribution in [1.82, 2.24) is 5.32 Å². The fourth-order valence-electron chi connectivity index (χ4n) is 2.47. The lowest BCUT2D eigenvalue weighted by Crippen LogP contribution is -2.31. The average Bonchev–Trinajstić information content (AvgIpc) is 2.82. The van der Waals surface area contributed by atoms with Crippen molar-refractivity contribution in [3.8, 4) is 0 Å². The van der Waals surface area contributed by atoms with Gasteiger partial charge in [-0.15, -0.1) is 11.3 Å².